The number of rotatable bonds is 4. The van der Waals surface area contributed by atoms with Crippen LogP contribution < -0.4 is 0 Å². The molecule has 6 heteroatoms. The maximum atomic E-state index is 13.1. The van der Waals surface area contributed by atoms with Crippen LogP contribution in [0, 0.1) is 21.4 Å². The van der Waals surface area contributed by atoms with Crippen molar-refractivity contribution in [2.24, 2.45) is 11.3 Å². The van der Waals surface area contributed by atoms with Crippen LogP contribution in [0.2, 0.25) is 0 Å². The normalized spacial score (nSPS) is 18.1. The van der Waals surface area contributed by atoms with Crippen molar-refractivity contribution in [1.29, 1.82) is 0 Å². The number of aromatic nitrogens is 1. The van der Waals surface area contributed by atoms with E-state index in [4.69, 9.17) is 0 Å². The number of carbonyl (C=O) groups is 2. The van der Waals surface area contributed by atoms with Gasteiger partial charge >= 0.3 is 0 Å². The van der Waals surface area contributed by atoms with E-state index in [1.807, 2.05) is 44.3 Å². The molecule has 0 bridgehead atoms. The largest absolute Gasteiger partial charge is 0.361 e. The highest BCUT2D eigenvalue weighted by atomic mass is 16.6. The van der Waals surface area contributed by atoms with Gasteiger partial charge in [0.25, 0.3) is 5.69 Å². The van der Waals surface area contributed by atoms with E-state index in [9.17, 15) is 19.7 Å². The molecule has 29 heavy (non-hydrogen) atoms. The number of benzene rings is 2. The standard InChI is InChI=1S/C23H22N2O4/c1-23(2)11-19(26)22(20(27)12-23)21(14-7-9-15(10-8-14)25(28)29)17-13-24-18-6-4-3-5-16(17)18/h3-10,13,21-22,24H,11-12H2,1-2H3. The summed E-state index contributed by atoms with van der Waals surface area (Å²) >= 11 is 0. The number of Topliss-reactive ketones (excluding diaryl/α,β-unsaturated/α-hetero) is 2. The highest BCUT2D eigenvalue weighted by Gasteiger charge is 2.45. The first-order valence-electron chi connectivity index (χ1n) is 9.63. The molecule has 0 amide bonds. The van der Waals surface area contributed by atoms with Crippen molar-refractivity contribution in [2.45, 2.75) is 32.6 Å². The van der Waals surface area contributed by atoms with E-state index < -0.39 is 16.8 Å². The molecule has 148 valence electrons. The van der Waals surface area contributed by atoms with E-state index >= 15 is 0 Å². The van der Waals surface area contributed by atoms with Gasteiger partial charge in [0.1, 0.15) is 11.6 Å². The van der Waals surface area contributed by atoms with E-state index in [0.717, 1.165) is 22.0 Å². The van der Waals surface area contributed by atoms with Gasteiger partial charge in [0.2, 0.25) is 0 Å². The average Bonchev–Trinajstić information content (AvgIpc) is 3.08. The third kappa shape index (κ3) is 3.46. The van der Waals surface area contributed by atoms with Crippen LogP contribution in [-0.4, -0.2) is 21.5 Å². The van der Waals surface area contributed by atoms with E-state index in [1.165, 1.54) is 12.1 Å². The zero-order valence-corrected chi connectivity index (χ0v) is 16.3. The Balaban J connectivity index is 1.87. The Morgan fingerprint density at radius 1 is 1.03 bits per heavy atom. The van der Waals surface area contributed by atoms with Gasteiger partial charge in [-0.2, -0.15) is 0 Å². The summed E-state index contributed by atoms with van der Waals surface area (Å²) in [6.45, 7) is 3.87. The Bertz CT molecular complexity index is 1090. The number of non-ortho nitro benzene ring substituents is 1. The van der Waals surface area contributed by atoms with Gasteiger partial charge in [-0.1, -0.05) is 44.2 Å². The Morgan fingerprint density at radius 2 is 1.66 bits per heavy atom. The number of nitro groups is 1. The maximum Gasteiger partial charge on any atom is 0.269 e. The van der Waals surface area contributed by atoms with Gasteiger partial charge in [0.15, 0.2) is 0 Å². The molecule has 3 aromatic rings. The lowest BCUT2D eigenvalue weighted by molar-refractivity contribution is -0.384. The van der Waals surface area contributed by atoms with Crippen molar-refractivity contribution in [3.8, 4) is 0 Å². The number of nitrogens with one attached hydrogen (secondary N) is 1. The molecule has 4 rings (SSSR count). The molecule has 1 aliphatic carbocycles. The Labute approximate surface area is 168 Å². The Kier molecular flexibility index (Phi) is 4.57. The van der Waals surface area contributed by atoms with Gasteiger partial charge in [-0.15, -0.1) is 0 Å². The van der Waals surface area contributed by atoms with Crippen molar-refractivity contribution < 1.29 is 14.5 Å². The predicted molar refractivity (Wildman–Crippen MR) is 110 cm³/mol. The molecule has 0 saturated heterocycles. The van der Waals surface area contributed by atoms with Crippen molar-refractivity contribution in [3.05, 3.63) is 76.0 Å². The van der Waals surface area contributed by atoms with Gasteiger partial charge in [-0.3, -0.25) is 19.7 Å². The van der Waals surface area contributed by atoms with Crippen molar-refractivity contribution >= 4 is 28.2 Å². The lowest BCUT2D eigenvalue weighted by Gasteiger charge is -2.36. The number of carbonyl (C=O) groups excluding carboxylic acids is 2. The van der Waals surface area contributed by atoms with Crippen LogP contribution in [0.15, 0.2) is 54.7 Å². The van der Waals surface area contributed by atoms with Crippen LogP contribution >= 0.6 is 0 Å². The molecule has 0 spiro atoms. The third-order valence-corrected chi connectivity index (χ3v) is 5.75. The number of para-hydroxylation sites is 1. The van der Waals surface area contributed by atoms with Crippen LogP contribution in [0.4, 0.5) is 5.69 Å². The molecule has 1 atom stereocenters. The first kappa shape index (κ1) is 19.1. The zero-order valence-electron chi connectivity index (χ0n) is 16.3. The summed E-state index contributed by atoms with van der Waals surface area (Å²) in [4.78, 5) is 40.0. The summed E-state index contributed by atoms with van der Waals surface area (Å²) in [5.74, 6) is -1.41. The van der Waals surface area contributed by atoms with Gasteiger partial charge < -0.3 is 4.98 Å². The lowest BCUT2D eigenvalue weighted by atomic mass is 9.65. The minimum Gasteiger partial charge on any atom is -0.361 e. The Hall–Kier alpha value is -3.28. The average molecular weight is 390 g/mol. The van der Waals surface area contributed by atoms with Crippen molar-refractivity contribution in [2.75, 3.05) is 0 Å². The molecule has 2 aromatic carbocycles. The molecular weight excluding hydrogens is 368 g/mol. The molecule has 0 radical (unpaired) electrons. The molecule has 1 heterocycles. The highest BCUT2D eigenvalue weighted by Crippen LogP contribution is 2.44. The smallest absolute Gasteiger partial charge is 0.269 e. The van der Waals surface area contributed by atoms with Crippen LogP contribution in [0.1, 0.15) is 43.7 Å². The molecule has 0 aliphatic heterocycles. The molecule has 1 unspecified atom stereocenters. The molecular formula is C23H22N2O4. The molecule has 1 saturated carbocycles. The van der Waals surface area contributed by atoms with E-state index in [0.29, 0.717) is 12.8 Å². The SMILES string of the molecule is CC1(C)CC(=O)C(C(c2ccc([N+](=O)[O-])cc2)c2c[nH]c3ccccc23)C(=O)C1. The first-order chi connectivity index (χ1) is 13.8. The van der Waals surface area contributed by atoms with Crippen LogP contribution in [0.5, 0.6) is 0 Å². The van der Waals surface area contributed by atoms with Crippen molar-refractivity contribution in [1.82, 2.24) is 4.98 Å². The van der Waals surface area contributed by atoms with Gasteiger partial charge in [-0.25, -0.2) is 0 Å². The van der Waals surface area contributed by atoms with Crippen LogP contribution in [-0.2, 0) is 9.59 Å². The molecule has 6 nitrogen and oxygen atoms in total. The Morgan fingerprint density at radius 3 is 2.28 bits per heavy atom. The second-order valence-corrected chi connectivity index (χ2v) is 8.54. The fourth-order valence-electron chi connectivity index (χ4n) is 4.48. The number of hydrogen-bond acceptors (Lipinski definition) is 4. The van der Waals surface area contributed by atoms with Crippen LogP contribution in [0.25, 0.3) is 10.9 Å². The molecule has 1 aromatic heterocycles. The zero-order chi connectivity index (χ0) is 20.8. The number of fused-ring (bicyclic) bond motifs is 1. The summed E-state index contributed by atoms with van der Waals surface area (Å²) in [6, 6.07) is 13.9. The summed E-state index contributed by atoms with van der Waals surface area (Å²) < 4.78 is 0. The third-order valence-electron chi connectivity index (χ3n) is 5.75. The summed E-state index contributed by atoms with van der Waals surface area (Å²) in [5, 5.41) is 12.0. The summed E-state index contributed by atoms with van der Waals surface area (Å²) in [5.41, 5.74) is 2.15. The minimum absolute atomic E-state index is 0.0196. The lowest BCUT2D eigenvalue weighted by Crippen LogP contribution is -2.41. The first-order valence-corrected chi connectivity index (χ1v) is 9.63. The second-order valence-electron chi connectivity index (χ2n) is 8.54. The summed E-state index contributed by atoms with van der Waals surface area (Å²) in [7, 11) is 0. The van der Waals surface area contributed by atoms with E-state index in [2.05, 4.69) is 4.98 Å². The predicted octanol–water partition coefficient (Wildman–Crippen LogP) is 4.78. The fourth-order valence-corrected chi connectivity index (χ4v) is 4.48. The number of hydrogen-bond donors (Lipinski definition) is 1. The number of H-pyrrole nitrogens is 1. The minimum atomic E-state index is -0.788. The molecule has 1 N–H and O–H groups in total. The second kappa shape index (κ2) is 6.95. The quantitative estimate of drug-likeness (QED) is 0.394. The van der Waals surface area contributed by atoms with Gasteiger partial charge in [0, 0.05) is 48.0 Å². The fraction of sp³-hybridized carbons (Fsp3) is 0.304. The van der Waals surface area contributed by atoms with Gasteiger partial charge in [-0.05, 0) is 22.6 Å². The maximum absolute atomic E-state index is 13.1. The highest BCUT2D eigenvalue weighted by molar-refractivity contribution is 6.07. The molecule has 1 fully saturated rings. The topological polar surface area (TPSA) is 93.1 Å². The van der Waals surface area contributed by atoms with E-state index in [1.54, 1.807) is 12.1 Å². The number of ketones is 2. The molecule has 1 aliphatic rings. The number of nitrogens with zero attached hydrogens (tertiary/aromatic N) is 1. The van der Waals surface area contributed by atoms with Crippen molar-refractivity contribution in [3.63, 3.8) is 0 Å². The monoisotopic (exact) mass is 390 g/mol. The van der Waals surface area contributed by atoms with E-state index in [-0.39, 0.29) is 22.7 Å². The van der Waals surface area contributed by atoms with Gasteiger partial charge in [0.05, 0.1) is 10.8 Å². The summed E-state index contributed by atoms with van der Waals surface area (Å²) in [6.07, 6.45) is 2.53. The number of aromatic amines is 1. The van der Waals surface area contributed by atoms with Crippen LogP contribution in [0.3, 0.4) is 0 Å². The number of nitro benzene ring substituents is 1.